The highest BCUT2D eigenvalue weighted by Gasteiger charge is 2.19. The Hall–Kier alpha value is -3.29. The number of nitrogens with zero attached hydrogens (tertiary/aromatic N) is 2. The van der Waals surface area contributed by atoms with E-state index < -0.39 is 17.6 Å². The van der Waals surface area contributed by atoms with E-state index in [2.05, 4.69) is 15.4 Å². The first kappa shape index (κ1) is 17.5. The molecule has 0 saturated carbocycles. The summed E-state index contributed by atoms with van der Waals surface area (Å²) in [5, 5.41) is 10.2. The monoisotopic (exact) mass is 359 g/mol. The highest BCUT2D eigenvalue weighted by atomic mass is 19.2. The van der Waals surface area contributed by atoms with Crippen molar-refractivity contribution in [3.05, 3.63) is 65.4 Å². The Kier molecular flexibility index (Phi) is 5.21. The number of hydrogen-bond donors (Lipinski definition) is 1. The Morgan fingerprint density at radius 3 is 2.77 bits per heavy atom. The van der Waals surface area contributed by atoms with Crippen LogP contribution in [0.4, 0.5) is 8.78 Å². The van der Waals surface area contributed by atoms with E-state index in [1.165, 1.54) is 12.1 Å². The van der Waals surface area contributed by atoms with Crippen molar-refractivity contribution in [1.82, 2.24) is 15.4 Å². The Balaban J connectivity index is 1.80. The summed E-state index contributed by atoms with van der Waals surface area (Å²) >= 11 is 0. The Labute approximate surface area is 147 Å². The van der Waals surface area contributed by atoms with Crippen molar-refractivity contribution in [2.45, 2.75) is 13.5 Å². The molecule has 0 fully saturated rings. The zero-order valence-corrected chi connectivity index (χ0v) is 13.8. The van der Waals surface area contributed by atoms with Gasteiger partial charge in [0.15, 0.2) is 17.3 Å². The number of carbonyl (C=O) groups excluding carboxylic acids is 1. The van der Waals surface area contributed by atoms with Gasteiger partial charge in [0.05, 0.1) is 6.61 Å². The van der Waals surface area contributed by atoms with Crippen LogP contribution in [0.2, 0.25) is 0 Å². The lowest BCUT2D eigenvalue weighted by molar-refractivity contribution is 0.0520. The molecule has 6 nitrogen and oxygen atoms in total. The predicted molar refractivity (Wildman–Crippen MR) is 88.5 cm³/mol. The highest BCUT2D eigenvalue weighted by molar-refractivity contribution is 5.93. The van der Waals surface area contributed by atoms with E-state index in [9.17, 15) is 13.6 Å². The van der Waals surface area contributed by atoms with Crippen molar-refractivity contribution in [3.8, 4) is 17.0 Å². The lowest BCUT2D eigenvalue weighted by atomic mass is 10.1. The first-order valence-electron chi connectivity index (χ1n) is 7.84. The third-order valence-corrected chi connectivity index (χ3v) is 3.53. The zero-order valence-electron chi connectivity index (χ0n) is 13.8. The number of aromatic amines is 1. The van der Waals surface area contributed by atoms with Gasteiger partial charge in [0.1, 0.15) is 12.3 Å². The number of aromatic nitrogens is 3. The number of hydrogen-bond acceptors (Lipinski definition) is 5. The number of H-pyrrole nitrogens is 1. The molecule has 0 saturated heterocycles. The molecule has 0 aliphatic heterocycles. The summed E-state index contributed by atoms with van der Waals surface area (Å²) in [6, 6.07) is 10.7. The van der Waals surface area contributed by atoms with E-state index in [1.807, 2.05) is 0 Å². The van der Waals surface area contributed by atoms with E-state index in [1.54, 1.807) is 31.2 Å². The first-order chi connectivity index (χ1) is 12.6. The number of nitrogens with one attached hydrogen (secondary N) is 1. The molecule has 1 heterocycles. The molecule has 3 aromatic rings. The van der Waals surface area contributed by atoms with Crippen molar-refractivity contribution < 1.29 is 23.0 Å². The lowest BCUT2D eigenvalue weighted by Gasteiger charge is -2.09. The molecule has 0 aliphatic rings. The lowest BCUT2D eigenvalue weighted by Crippen LogP contribution is -2.07. The summed E-state index contributed by atoms with van der Waals surface area (Å²) in [5.74, 6) is -2.77. The molecular formula is C18H15F2N3O3. The van der Waals surface area contributed by atoms with E-state index in [-0.39, 0.29) is 24.7 Å². The van der Waals surface area contributed by atoms with E-state index in [0.29, 0.717) is 16.8 Å². The molecule has 8 heteroatoms. The average Bonchev–Trinajstić information content (AvgIpc) is 3.13. The quantitative estimate of drug-likeness (QED) is 0.682. The van der Waals surface area contributed by atoms with Crippen molar-refractivity contribution in [3.63, 3.8) is 0 Å². The largest absolute Gasteiger partial charge is 0.486 e. The van der Waals surface area contributed by atoms with Gasteiger partial charge in [0, 0.05) is 5.56 Å². The molecular weight excluding hydrogens is 344 g/mol. The van der Waals surface area contributed by atoms with E-state index >= 15 is 0 Å². The average molecular weight is 359 g/mol. The van der Waals surface area contributed by atoms with Crippen LogP contribution in [-0.2, 0) is 11.3 Å². The van der Waals surface area contributed by atoms with Crippen LogP contribution in [0.5, 0.6) is 5.75 Å². The van der Waals surface area contributed by atoms with Gasteiger partial charge < -0.3 is 9.47 Å². The van der Waals surface area contributed by atoms with Crippen molar-refractivity contribution in [2.24, 2.45) is 0 Å². The van der Waals surface area contributed by atoms with Gasteiger partial charge in [0.25, 0.3) is 0 Å². The second-order valence-electron chi connectivity index (χ2n) is 5.28. The molecule has 0 amide bonds. The SMILES string of the molecule is CCOC(=O)c1n[nH]nc1-c1cccc(COc2cccc(F)c2F)c1. The summed E-state index contributed by atoms with van der Waals surface area (Å²) in [7, 11) is 0. The molecule has 1 N–H and O–H groups in total. The van der Waals surface area contributed by atoms with Crippen LogP contribution in [0.3, 0.4) is 0 Å². The Morgan fingerprint density at radius 1 is 1.15 bits per heavy atom. The molecule has 0 spiro atoms. The van der Waals surface area contributed by atoms with Gasteiger partial charge in [-0.25, -0.2) is 9.18 Å². The fourth-order valence-corrected chi connectivity index (χ4v) is 2.34. The normalized spacial score (nSPS) is 10.6. The second kappa shape index (κ2) is 7.73. The summed E-state index contributed by atoms with van der Waals surface area (Å²) in [5.41, 5.74) is 1.70. The van der Waals surface area contributed by atoms with Crippen molar-refractivity contribution >= 4 is 5.97 Å². The van der Waals surface area contributed by atoms with Gasteiger partial charge in [-0.3, -0.25) is 0 Å². The van der Waals surface area contributed by atoms with Gasteiger partial charge in [0.2, 0.25) is 5.82 Å². The molecule has 1 aromatic heterocycles. The van der Waals surface area contributed by atoms with Gasteiger partial charge in [-0.05, 0) is 30.7 Å². The van der Waals surface area contributed by atoms with Gasteiger partial charge in [-0.2, -0.15) is 14.7 Å². The third-order valence-electron chi connectivity index (χ3n) is 3.53. The van der Waals surface area contributed by atoms with Crippen LogP contribution in [0.1, 0.15) is 23.0 Å². The maximum Gasteiger partial charge on any atom is 0.361 e. The summed E-state index contributed by atoms with van der Waals surface area (Å²) in [6.07, 6.45) is 0. The maximum atomic E-state index is 13.6. The fourth-order valence-electron chi connectivity index (χ4n) is 2.34. The Bertz CT molecular complexity index is 928. The van der Waals surface area contributed by atoms with Crippen LogP contribution < -0.4 is 4.74 Å². The number of benzene rings is 2. The number of halogens is 2. The summed E-state index contributed by atoms with van der Waals surface area (Å²) in [6.45, 7) is 1.93. The van der Waals surface area contributed by atoms with E-state index in [0.717, 1.165) is 6.07 Å². The molecule has 26 heavy (non-hydrogen) atoms. The van der Waals surface area contributed by atoms with Crippen molar-refractivity contribution in [2.75, 3.05) is 6.61 Å². The van der Waals surface area contributed by atoms with Gasteiger partial charge in [-0.15, -0.1) is 5.10 Å². The van der Waals surface area contributed by atoms with Gasteiger partial charge >= 0.3 is 5.97 Å². The predicted octanol–water partition coefficient (Wildman–Crippen LogP) is 3.51. The Morgan fingerprint density at radius 2 is 1.96 bits per heavy atom. The standard InChI is InChI=1S/C18H15F2N3O3/c1-2-25-18(24)17-16(21-23-22-17)12-6-3-5-11(9-12)10-26-14-8-4-7-13(19)15(14)20/h3-9H,2,10H2,1H3,(H,21,22,23). The molecule has 2 aromatic carbocycles. The molecule has 134 valence electrons. The first-order valence-corrected chi connectivity index (χ1v) is 7.84. The molecule has 0 radical (unpaired) electrons. The zero-order chi connectivity index (χ0) is 18.5. The summed E-state index contributed by atoms with van der Waals surface area (Å²) in [4.78, 5) is 11.9. The third kappa shape index (κ3) is 3.69. The molecule has 0 bridgehead atoms. The van der Waals surface area contributed by atoms with Gasteiger partial charge in [-0.1, -0.05) is 24.3 Å². The van der Waals surface area contributed by atoms with Crippen LogP contribution in [0, 0.1) is 11.6 Å². The van der Waals surface area contributed by atoms with Crippen LogP contribution in [0.15, 0.2) is 42.5 Å². The molecule has 0 aliphatic carbocycles. The minimum atomic E-state index is -1.04. The number of ether oxygens (including phenoxy) is 2. The van der Waals surface area contributed by atoms with Crippen molar-refractivity contribution in [1.29, 1.82) is 0 Å². The number of carbonyl (C=O) groups is 1. The molecule has 0 unspecified atom stereocenters. The smallest absolute Gasteiger partial charge is 0.361 e. The highest BCUT2D eigenvalue weighted by Crippen LogP contribution is 2.24. The topological polar surface area (TPSA) is 77.1 Å². The maximum absolute atomic E-state index is 13.6. The second-order valence-corrected chi connectivity index (χ2v) is 5.28. The molecule has 0 atom stereocenters. The summed E-state index contributed by atoms with van der Waals surface area (Å²) < 4.78 is 37.2. The molecule has 3 rings (SSSR count). The number of esters is 1. The fraction of sp³-hybridized carbons (Fsp3) is 0.167. The van der Waals surface area contributed by atoms with Crippen LogP contribution in [-0.4, -0.2) is 28.0 Å². The minimum absolute atomic E-state index is 0.0147. The van der Waals surface area contributed by atoms with Crippen LogP contribution >= 0.6 is 0 Å². The van der Waals surface area contributed by atoms with Crippen LogP contribution in [0.25, 0.3) is 11.3 Å². The minimum Gasteiger partial charge on any atom is -0.486 e. The van der Waals surface area contributed by atoms with E-state index in [4.69, 9.17) is 9.47 Å². The number of rotatable bonds is 6.